The number of hydrogen-bond acceptors (Lipinski definition) is 9. The van der Waals surface area contributed by atoms with Crippen molar-refractivity contribution in [1.29, 1.82) is 0 Å². The summed E-state index contributed by atoms with van der Waals surface area (Å²) in [4.78, 5) is 12.2. The molecule has 2 aliphatic carbocycles. The van der Waals surface area contributed by atoms with Crippen LogP contribution < -0.4 is 0 Å². The van der Waals surface area contributed by atoms with Crippen LogP contribution in [-0.2, 0) is 19.0 Å². The van der Waals surface area contributed by atoms with Gasteiger partial charge in [0.15, 0.2) is 6.29 Å². The fourth-order valence-electron chi connectivity index (χ4n) is 5.43. The molecule has 0 bridgehead atoms. The second kappa shape index (κ2) is 7.98. The smallest absolute Gasteiger partial charge is 0.309 e. The van der Waals surface area contributed by atoms with Crippen molar-refractivity contribution in [2.75, 3.05) is 6.61 Å². The van der Waals surface area contributed by atoms with E-state index in [9.17, 15) is 30.3 Å². The first-order chi connectivity index (χ1) is 14.1. The van der Waals surface area contributed by atoms with Gasteiger partial charge >= 0.3 is 5.97 Å². The molecule has 0 radical (unpaired) electrons. The molecule has 5 N–H and O–H groups in total. The Balaban J connectivity index is 1.56. The molecule has 0 amide bonds. The van der Waals surface area contributed by atoms with E-state index in [1.807, 2.05) is 0 Å². The zero-order valence-corrected chi connectivity index (χ0v) is 16.8. The highest BCUT2D eigenvalue weighted by molar-refractivity contribution is 5.75. The van der Waals surface area contributed by atoms with Crippen LogP contribution in [0.3, 0.4) is 0 Å². The minimum absolute atomic E-state index is 0.165. The Labute approximate surface area is 174 Å². The van der Waals surface area contributed by atoms with Gasteiger partial charge in [-0.2, -0.15) is 0 Å². The summed E-state index contributed by atoms with van der Waals surface area (Å²) in [5.41, 5.74) is 1.28. The van der Waals surface area contributed by atoms with Crippen LogP contribution in [0.1, 0.15) is 19.8 Å². The lowest BCUT2D eigenvalue weighted by Gasteiger charge is -2.40. The van der Waals surface area contributed by atoms with Crippen LogP contribution in [0.4, 0.5) is 0 Å². The number of esters is 1. The highest BCUT2D eigenvalue weighted by atomic mass is 16.7. The van der Waals surface area contributed by atoms with Crippen LogP contribution >= 0.6 is 0 Å². The summed E-state index contributed by atoms with van der Waals surface area (Å²) in [6.07, 6.45) is -7.94. The molecule has 4 fully saturated rings. The molecule has 2 heterocycles. The van der Waals surface area contributed by atoms with Gasteiger partial charge in [-0.25, -0.2) is 0 Å². The second-order valence-corrected chi connectivity index (χ2v) is 8.95. The molecular formula is C21H30O9. The Morgan fingerprint density at radius 2 is 1.77 bits per heavy atom. The molecule has 0 aromatic carbocycles. The molecule has 4 rings (SSSR count). The van der Waals surface area contributed by atoms with Crippen molar-refractivity contribution >= 4 is 5.97 Å². The first kappa shape index (κ1) is 21.9. The second-order valence-electron chi connectivity index (χ2n) is 8.95. The zero-order chi connectivity index (χ0) is 21.9. The Morgan fingerprint density at radius 1 is 1.07 bits per heavy atom. The number of fused-ring (bicyclic) bond motifs is 3. The van der Waals surface area contributed by atoms with Crippen molar-refractivity contribution in [2.24, 2.45) is 23.7 Å². The van der Waals surface area contributed by atoms with Crippen molar-refractivity contribution in [3.05, 3.63) is 24.3 Å². The molecule has 168 valence electrons. The lowest BCUT2D eigenvalue weighted by atomic mass is 9.80. The number of carbonyl (C=O) groups is 1. The fraction of sp³-hybridized carbons (Fsp3) is 0.762. The highest BCUT2D eigenvalue weighted by Crippen LogP contribution is 2.53. The summed E-state index contributed by atoms with van der Waals surface area (Å²) < 4.78 is 17.1. The monoisotopic (exact) mass is 426 g/mol. The quantitative estimate of drug-likeness (QED) is 0.279. The number of carbonyl (C=O) groups excluding carboxylic acids is 1. The first-order valence-corrected chi connectivity index (χ1v) is 10.4. The molecule has 0 aromatic heterocycles. The molecule has 9 nitrogen and oxygen atoms in total. The molecule has 12 atom stereocenters. The minimum Gasteiger partial charge on any atom is -0.461 e. The molecule has 30 heavy (non-hydrogen) atoms. The highest BCUT2D eigenvalue weighted by Gasteiger charge is 2.57. The van der Waals surface area contributed by atoms with E-state index >= 15 is 0 Å². The fourth-order valence-corrected chi connectivity index (χ4v) is 5.43. The van der Waals surface area contributed by atoms with Gasteiger partial charge in [-0.1, -0.05) is 20.1 Å². The zero-order valence-electron chi connectivity index (χ0n) is 16.8. The van der Waals surface area contributed by atoms with Gasteiger partial charge in [-0.15, -0.1) is 0 Å². The Kier molecular flexibility index (Phi) is 5.82. The first-order valence-electron chi connectivity index (χ1n) is 10.4. The molecule has 0 spiro atoms. The van der Waals surface area contributed by atoms with Gasteiger partial charge in [0.25, 0.3) is 0 Å². The number of ether oxygens (including phenoxy) is 3. The van der Waals surface area contributed by atoms with E-state index in [1.54, 1.807) is 6.92 Å². The summed E-state index contributed by atoms with van der Waals surface area (Å²) in [5, 5.41) is 50.3. The van der Waals surface area contributed by atoms with Crippen molar-refractivity contribution in [3.8, 4) is 0 Å². The van der Waals surface area contributed by atoms with Crippen molar-refractivity contribution in [3.63, 3.8) is 0 Å². The molecule has 2 saturated carbocycles. The van der Waals surface area contributed by atoms with E-state index in [0.717, 1.165) is 0 Å². The van der Waals surface area contributed by atoms with Crippen molar-refractivity contribution in [1.82, 2.24) is 0 Å². The maximum Gasteiger partial charge on any atom is 0.309 e. The molecule has 0 unspecified atom stereocenters. The van der Waals surface area contributed by atoms with Gasteiger partial charge in [0, 0.05) is 11.8 Å². The lowest BCUT2D eigenvalue weighted by molar-refractivity contribution is -0.308. The van der Waals surface area contributed by atoms with Crippen LogP contribution in [-0.4, -0.2) is 87.1 Å². The van der Waals surface area contributed by atoms with Crippen molar-refractivity contribution in [2.45, 2.75) is 68.8 Å². The molecule has 2 aliphatic heterocycles. The average molecular weight is 426 g/mol. The normalized spacial score (nSPS) is 51.3. The topological polar surface area (TPSA) is 146 Å². The Bertz CT molecular complexity index is 721. The van der Waals surface area contributed by atoms with Gasteiger partial charge in [0.05, 0.1) is 24.7 Å². The van der Waals surface area contributed by atoms with Gasteiger partial charge in [-0.3, -0.25) is 4.79 Å². The third-order valence-corrected chi connectivity index (χ3v) is 7.33. The predicted octanol–water partition coefficient (Wildman–Crippen LogP) is -1.14. The van der Waals surface area contributed by atoms with E-state index in [4.69, 9.17) is 14.2 Å². The number of aliphatic hydroxyl groups excluding tert-OH is 5. The molecule has 2 saturated heterocycles. The van der Waals surface area contributed by atoms with Gasteiger partial charge < -0.3 is 39.7 Å². The van der Waals surface area contributed by atoms with Crippen LogP contribution in [0.25, 0.3) is 0 Å². The van der Waals surface area contributed by atoms with Crippen LogP contribution in [0, 0.1) is 23.7 Å². The number of hydrogen-bond donors (Lipinski definition) is 5. The largest absolute Gasteiger partial charge is 0.461 e. The van der Waals surface area contributed by atoms with Crippen LogP contribution in [0.2, 0.25) is 0 Å². The molecule has 4 aliphatic rings. The third kappa shape index (κ3) is 3.33. The average Bonchev–Trinajstić information content (AvgIpc) is 3.15. The van der Waals surface area contributed by atoms with Gasteiger partial charge in [0.2, 0.25) is 0 Å². The van der Waals surface area contributed by atoms with Crippen LogP contribution in [0.15, 0.2) is 24.3 Å². The van der Waals surface area contributed by atoms with Crippen molar-refractivity contribution < 1.29 is 44.5 Å². The maximum atomic E-state index is 12.2. The number of aliphatic hydroxyl groups is 5. The van der Waals surface area contributed by atoms with E-state index in [-0.39, 0.29) is 29.6 Å². The van der Waals surface area contributed by atoms with E-state index in [0.29, 0.717) is 24.0 Å². The van der Waals surface area contributed by atoms with Gasteiger partial charge in [0.1, 0.15) is 30.5 Å². The minimum atomic E-state index is -1.54. The molecule has 0 aromatic rings. The maximum absolute atomic E-state index is 12.2. The van der Waals surface area contributed by atoms with Crippen LogP contribution in [0.5, 0.6) is 0 Å². The summed E-state index contributed by atoms with van der Waals surface area (Å²) in [6, 6.07) is 0. The predicted molar refractivity (Wildman–Crippen MR) is 102 cm³/mol. The van der Waals surface area contributed by atoms with E-state index < -0.39 is 55.6 Å². The summed E-state index contributed by atoms with van der Waals surface area (Å²) in [5.74, 6) is -1.31. The molecular weight excluding hydrogens is 396 g/mol. The molecule has 9 heteroatoms. The Morgan fingerprint density at radius 3 is 2.43 bits per heavy atom. The SMILES string of the molecule is C=C1[C@@H]2[C@H]3OC(=O)[C@@H](C)[C@@H]3C[C@@H](O)C(=C)[C@@H]2C[C@@H]1O[C@H]1O[C@H](CO)[C@@H](O)[C@H](O)[C@H]1O. The lowest BCUT2D eigenvalue weighted by Crippen LogP contribution is -2.59. The third-order valence-electron chi connectivity index (χ3n) is 7.33. The summed E-state index contributed by atoms with van der Waals surface area (Å²) in [6.45, 7) is 9.47. The Hall–Kier alpha value is -1.33. The standard InChI is InChI=1S/C21H30O9/c1-7-10-5-13(28-21-18(26)17(25)16(24)14(6-22)29-21)9(3)15(10)19-11(4-12(7)23)8(2)20(27)30-19/h8,10-19,21-26H,1,3-6H2,2H3/t8-,10-,11-,12+,13-,14+,15-,16+,17-,18+,19-,21-/m0/s1. The number of rotatable bonds is 3. The summed E-state index contributed by atoms with van der Waals surface area (Å²) in [7, 11) is 0. The van der Waals surface area contributed by atoms with Gasteiger partial charge in [-0.05, 0) is 29.9 Å². The summed E-state index contributed by atoms with van der Waals surface area (Å²) >= 11 is 0. The van der Waals surface area contributed by atoms with E-state index in [1.165, 1.54) is 0 Å². The van der Waals surface area contributed by atoms with E-state index in [2.05, 4.69) is 13.2 Å².